The molecule has 11 heteroatoms. The van der Waals surface area contributed by atoms with Gasteiger partial charge in [-0.1, -0.05) is 0 Å². The van der Waals surface area contributed by atoms with Gasteiger partial charge in [-0.2, -0.15) is 0 Å². The summed E-state index contributed by atoms with van der Waals surface area (Å²) in [6, 6.07) is 9.58. The number of carbonyl (C=O) groups is 2. The number of ketones is 1. The molecule has 1 aliphatic rings. The summed E-state index contributed by atoms with van der Waals surface area (Å²) in [5, 5.41) is 5.17. The molecule has 2 aromatic heterocycles. The zero-order valence-corrected chi connectivity index (χ0v) is 20.4. The quantitative estimate of drug-likeness (QED) is 0.387. The van der Waals surface area contributed by atoms with Crippen LogP contribution in [-0.2, 0) is 19.6 Å². The van der Waals surface area contributed by atoms with Crippen LogP contribution in [0.5, 0.6) is 0 Å². The van der Waals surface area contributed by atoms with Crippen molar-refractivity contribution >= 4 is 27.7 Å². The Labute approximate surface area is 203 Å². The first-order chi connectivity index (χ1) is 16.6. The molecule has 1 aliphatic heterocycles. The minimum atomic E-state index is -3.79. The molecular weight excluding hydrogens is 470 g/mol. The number of primary sulfonamides is 1. The SMILES string of the molecule is Cc1cc(C(=O)COC(=O)C2CCN(c3ncccn3)CC2)c(C)n1-c1ccc(S(N)(=O)=O)cc1. The fraction of sp³-hybridized carbons (Fsp3) is 0.333. The van der Waals surface area contributed by atoms with Crippen LogP contribution in [0.4, 0.5) is 5.95 Å². The Balaban J connectivity index is 1.37. The van der Waals surface area contributed by atoms with Crippen LogP contribution in [0.25, 0.3) is 5.69 Å². The van der Waals surface area contributed by atoms with Gasteiger partial charge in [-0.15, -0.1) is 0 Å². The lowest BCUT2D eigenvalue weighted by Crippen LogP contribution is -2.38. The first kappa shape index (κ1) is 24.6. The van der Waals surface area contributed by atoms with E-state index in [9.17, 15) is 18.0 Å². The fourth-order valence-electron chi connectivity index (χ4n) is 4.33. The zero-order chi connectivity index (χ0) is 25.2. The van der Waals surface area contributed by atoms with Gasteiger partial charge in [0.15, 0.2) is 6.61 Å². The molecule has 0 bridgehead atoms. The number of piperidine rings is 1. The second-order valence-corrected chi connectivity index (χ2v) is 10.1. The number of rotatable bonds is 7. The van der Waals surface area contributed by atoms with Crippen molar-refractivity contribution in [2.45, 2.75) is 31.6 Å². The highest BCUT2D eigenvalue weighted by molar-refractivity contribution is 7.89. The van der Waals surface area contributed by atoms with Gasteiger partial charge in [0.2, 0.25) is 21.8 Å². The molecule has 1 saturated heterocycles. The zero-order valence-electron chi connectivity index (χ0n) is 19.5. The number of carbonyl (C=O) groups excluding carboxylic acids is 2. The van der Waals surface area contributed by atoms with Gasteiger partial charge in [0.05, 0.1) is 10.8 Å². The number of hydrogen-bond acceptors (Lipinski definition) is 8. The van der Waals surface area contributed by atoms with Crippen LogP contribution < -0.4 is 10.0 Å². The third-order valence-electron chi connectivity index (χ3n) is 6.16. The summed E-state index contributed by atoms with van der Waals surface area (Å²) in [5.41, 5.74) is 2.60. The number of Topliss-reactive ketones (excluding diaryl/α,β-unsaturated/α-hetero) is 1. The molecule has 1 aromatic carbocycles. The van der Waals surface area contributed by atoms with Gasteiger partial charge in [0, 0.05) is 48.1 Å². The number of benzene rings is 1. The van der Waals surface area contributed by atoms with Crippen molar-refractivity contribution in [1.82, 2.24) is 14.5 Å². The number of nitrogens with zero attached hydrogens (tertiary/aromatic N) is 4. The molecule has 35 heavy (non-hydrogen) atoms. The van der Waals surface area contributed by atoms with Gasteiger partial charge in [-0.3, -0.25) is 9.59 Å². The second kappa shape index (κ2) is 9.96. The lowest BCUT2D eigenvalue weighted by Gasteiger charge is -2.30. The van der Waals surface area contributed by atoms with Crippen molar-refractivity contribution in [2.24, 2.45) is 11.1 Å². The first-order valence-electron chi connectivity index (χ1n) is 11.2. The summed E-state index contributed by atoms with van der Waals surface area (Å²) < 4.78 is 30.2. The van der Waals surface area contributed by atoms with Gasteiger partial charge in [-0.05, 0) is 63.1 Å². The highest BCUT2D eigenvalue weighted by Gasteiger charge is 2.28. The van der Waals surface area contributed by atoms with Crippen molar-refractivity contribution in [3.8, 4) is 5.69 Å². The summed E-state index contributed by atoms with van der Waals surface area (Å²) in [7, 11) is -3.79. The molecule has 0 radical (unpaired) electrons. The maximum absolute atomic E-state index is 12.9. The standard InChI is InChI=1S/C24H27N5O5S/c1-16-14-21(17(2)29(16)19-4-6-20(7-5-19)35(25,32)33)22(30)15-34-23(31)18-8-12-28(13-9-18)24-26-10-3-11-27-24/h3-7,10-11,14,18H,8-9,12-13,15H2,1-2H3,(H2,25,32,33). The van der Waals surface area contributed by atoms with E-state index >= 15 is 0 Å². The smallest absolute Gasteiger partial charge is 0.309 e. The number of hydrogen-bond donors (Lipinski definition) is 1. The lowest BCUT2D eigenvalue weighted by atomic mass is 9.97. The summed E-state index contributed by atoms with van der Waals surface area (Å²) in [6.45, 7) is 4.58. The molecule has 0 saturated carbocycles. The third-order valence-corrected chi connectivity index (χ3v) is 7.09. The molecular formula is C24H27N5O5S. The lowest BCUT2D eigenvalue weighted by molar-refractivity contribution is -0.148. The Kier molecular flexibility index (Phi) is 6.99. The first-order valence-corrected chi connectivity index (χ1v) is 12.7. The predicted molar refractivity (Wildman–Crippen MR) is 129 cm³/mol. The van der Waals surface area contributed by atoms with E-state index in [1.54, 1.807) is 43.6 Å². The Hall–Kier alpha value is -3.57. The van der Waals surface area contributed by atoms with E-state index in [1.165, 1.54) is 12.1 Å². The minimum Gasteiger partial charge on any atom is -0.457 e. The Bertz CT molecular complexity index is 1330. The van der Waals surface area contributed by atoms with Crippen molar-refractivity contribution in [1.29, 1.82) is 0 Å². The average molecular weight is 498 g/mol. The number of sulfonamides is 1. The van der Waals surface area contributed by atoms with Crippen molar-refractivity contribution in [2.75, 3.05) is 24.6 Å². The minimum absolute atomic E-state index is 0.00838. The molecule has 0 aliphatic carbocycles. The predicted octanol–water partition coefficient (Wildman–Crippen LogP) is 2.17. The molecule has 0 amide bonds. The van der Waals surface area contributed by atoms with Crippen molar-refractivity contribution < 1.29 is 22.7 Å². The molecule has 0 spiro atoms. The molecule has 2 N–H and O–H groups in total. The number of nitrogens with two attached hydrogens (primary N) is 1. The van der Waals surface area contributed by atoms with E-state index < -0.39 is 10.0 Å². The van der Waals surface area contributed by atoms with Gasteiger partial charge < -0.3 is 14.2 Å². The largest absolute Gasteiger partial charge is 0.457 e. The number of aromatic nitrogens is 3. The molecule has 3 aromatic rings. The molecule has 1 fully saturated rings. The average Bonchev–Trinajstić information content (AvgIpc) is 3.16. The highest BCUT2D eigenvalue weighted by atomic mass is 32.2. The summed E-state index contributed by atoms with van der Waals surface area (Å²) in [5.74, 6) is -0.301. The van der Waals surface area contributed by atoms with E-state index in [4.69, 9.17) is 9.88 Å². The number of aryl methyl sites for hydroxylation is 1. The number of ether oxygens (including phenoxy) is 1. The van der Waals surface area contributed by atoms with Gasteiger partial charge in [0.25, 0.3) is 0 Å². The third kappa shape index (κ3) is 5.41. The van der Waals surface area contributed by atoms with E-state index in [1.807, 2.05) is 16.4 Å². The highest BCUT2D eigenvalue weighted by Crippen LogP contribution is 2.24. The van der Waals surface area contributed by atoms with E-state index in [0.29, 0.717) is 48.8 Å². The molecule has 184 valence electrons. The van der Waals surface area contributed by atoms with E-state index in [2.05, 4.69) is 9.97 Å². The molecule has 3 heterocycles. The molecule has 10 nitrogen and oxygen atoms in total. The van der Waals surface area contributed by atoms with Crippen LogP contribution in [0.15, 0.2) is 53.7 Å². The maximum Gasteiger partial charge on any atom is 0.309 e. The maximum atomic E-state index is 12.9. The topological polar surface area (TPSA) is 137 Å². The summed E-state index contributed by atoms with van der Waals surface area (Å²) >= 11 is 0. The Morgan fingerprint density at radius 1 is 1.09 bits per heavy atom. The monoisotopic (exact) mass is 497 g/mol. The summed E-state index contributed by atoms with van der Waals surface area (Å²) in [4.78, 5) is 36.0. The van der Waals surface area contributed by atoms with Crippen molar-refractivity contribution in [3.05, 3.63) is 65.7 Å². The van der Waals surface area contributed by atoms with E-state index in [-0.39, 0.29) is 29.2 Å². The molecule has 4 rings (SSSR count). The van der Waals surface area contributed by atoms with Crippen LogP contribution in [-0.4, -0.2) is 54.4 Å². The fourth-order valence-corrected chi connectivity index (χ4v) is 4.84. The van der Waals surface area contributed by atoms with Crippen LogP contribution in [0.1, 0.15) is 34.6 Å². The Morgan fingerprint density at radius 3 is 2.31 bits per heavy atom. The molecule has 0 unspecified atom stereocenters. The van der Waals surface area contributed by atoms with Gasteiger partial charge >= 0.3 is 5.97 Å². The normalized spacial score (nSPS) is 14.7. The van der Waals surface area contributed by atoms with E-state index in [0.717, 1.165) is 5.69 Å². The van der Waals surface area contributed by atoms with Gasteiger partial charge in [-0.25, -0.2) is 23.5 Å². The van der Waals surface area contributed by atoms with Crippen molar-refractivity contribution in [3.63, 3.8) is 0 Å². The second-order valence-electron chi connectivity index (χ2n) is 8.50. The van der Waals surface area contributed by atoms with Gasteiger partial charge in [0.1, 0.15) is 0 Å². The van der Waals surface area contributed by atoms with Crippen LogP contribution in [0.2, 0.25) is 0 Å². The van der Waals surface area contributed by atoms with Crippen LogP contribution in [0.3, 0.4) is 0 Å². The van der Waals surface area contributed by atoms with Crippen LogP contribution in [0, 0.1) is 19.8 Å². The summed E-state index contributed by atoms with van der Waals surface area (Å²) in [6.07, 6.45) is 4.58. The number of esters is 1. The Morgan fingerprint density at radius 2 is 1.71 bits per heavy atom. The molecule has 0 atom stereocenters. The van der Waals surface area contributed by atoms with Crippen LogP contribution >= 0.6 is 0 Å². The number of anilines is 1.